The van der Waals surface area contributed by atoms with Crippen LogP contribution < -0.4 is 10.6 Å². The number of rotatable bonds is 5. The molecule has 0 aromatic heterocycles. The number of benzene rings is 3. The fourth-order valence-corrected chi connectivity index (χ4v) is 2.52. The molecule has 0 saturated heterocycles. The van der Waals surface area contributed by atoms with Crippen molar-refractivity contribution in [2.75, 3.05) is 17.7 Å². The molecule has 3 aromatic carbocycles. The summed E-state index contributed by atoms with van der Waals surface area (Å²) in [5, 5.41) is 6.12. The summed E-state index contributed by atoms with van der Waals surface area (Å²) in [7, 11) is 1.35. The van der Waals surface area contributed by atoms with Crippen molar-refractivity contribution in [2.45, 2.75) is 6.92 Å². The molecule has 0 saturated carbocycles. The average Bonchev–Trinajstić information content (AvgIpc) is 2.70. The first-order valence-electron chi connectivity index (χ1n) is 8.48. The van der Waals surface area contributed by atoms with Crippen molar-refractivity contribution in [3.8, 4) is 0 Å². The van der Waals surface area contributed by atoms with Crippen molar-refractivity contribution in [3.05, 3.63) is 89.5 Å². The molecule has 0 aliphatic heterocycles. The van der Waals surface area contributed by atoms with Gasteiger partial charge in [-0.25, -0.2) is 4.79 Å². The highest BCUT2D eigenvalue weighted by Gasteiger charge is 2.06. The number of hydrogen-bond donors (Lipinski definition) is 2. The smallest absolute Gasteiger partial charge is 0.337 e. The van der Waals surface area contributed by atoms with Gasteiger partial charge in [-0.05, 0) is 67.6 Å². The normalized spacial score (nSPS) is 10.1. The molecule has 0 spiro atoms. The van der Waals surface area contributed by atoms with E-state index in [1.807, 2.05) is 43.3 Å². The minimum Gasteiger partial charge on any atom is -0.465 e. The van der Waals surface area contributed by atoms with Gasteiger partial charge in [0.15, 0.2) is 0 Å². The third-order valence-electron chi connectivity index (χ3n) is 4.05. The summed E-state index contributed by atoms with van der Waals surface area (Å²) in [4.78, 5) is 23.7. The molecule has 27 heavy (non-hydrogen) atoms. The Bertz CT molecular complexity index is 931. The Morgan fingerprint density at radius 1 is 0.704 bits per heavy atom. The van der Waals surface area contributed by atoms with Crippen LogP contribution in [0.4, 0.5) is 17.1 Å². The number of carbonyl (C=O) groups excluding carboxylic acids is 2. The van der Waals surface area contributed by atoms with Gasteiger partial charge < -0.3 is 15.4 Å². The molecule has 0 heterocycles. The molecular weight excluding hydrogens is 340 g/mol. The van der Waals surface area contributed by atoms with Crippen LogP contribution in [0.15, 0.2) is 72.8 Å². The second-order valence-electron chi connectivity index (χ2n) is 6.09. The zero-order valence-electron chi connectivity index (χ0n) is 15.2. The highest BCUT2D eigenvalue weighted by Crippen LogP contribution is 2.20. The van der Waals surface area contributed by atoms with Gasteiger partial charge in [-0.2, -0.15) is 0 Å². The van der Waals surface area contributed by atoms with Gasteiger partial charge in [0.2, 0.25) is 0 Å². The second kappa shape index (κ2) is 8.19. The summed E-state index contributed by atoms with van der Waals surface area (Å²) in [6.07, 6.45) is 0. The van der Waals surface area contributed by atoms with Gasteiger partial charge in [-0.3, -0.25) is 4.79 Å². The Balaban J connectivity index is 1.62. The van der Waals surface area contributed by atoms with E-state index in [4.69, 9.17) is 0 Å². The van der Waals surface area contributed by atoms with E-state index < -0.39 is 0 Å². The molecule has 0 atom stereocenters. The van der Waals surface area contributed by atoms with Crippen LogP contribution >= 0.6 is 0 Å². The first-order chi connectivity index (χ1) is 13.0. The number of nitrogens with one attached hydrogen (secondary N) is 2. The SMILES string of the molecule is COC(=O)c1ccc(Nc2ccc(NC(=O)c3ccc(C)cc3)cc2)cc1. The minimum atomic E-state index is -0.366. The molecule has 0 radical (unpaired) electrons. The van der Waals surface area contributed by atoms with Gasteiger partial charge in [0.05, 0.1) is 12.7 Å². The third kappa shape index (κ3) is 4.73. The molecule has 0 aliphatic rings. The molecule has 0 unspecified atom stereocenters. The summed E-state index contributed by atoms with van der Waals surface area (Å²) in [5.41, 5.74) is 4.66. The van der Waals surface area contributed by atoms with Gasteiger partial charge in [0.25, 0.3) is 5.91 Å². The number of amides is 1. The molecule has 2 N–H and O–H groups in total. The number of methoxy groups -OCH3 is 1. The summed E-state index contributed by atoms with van der Waals surface area (Å²) in [5.74, 6) is -0.510. The van der Waals surface area contributed by atoms with Crippen LogP contribution in [0, 0.1) is 6.92 Å². The van der Waals surface area contributed by atoms with E-state index in [-0.39, 0.29) is 11.9 Å². The summed E-state index contributed by atoms with van der Waals surface area (Å²) in [6.45, 7) is 1.98. The van der Waals surface area contributed by atoms with Gasteiger partial charge in [-0.15, -0.1) is 0 Å². The molecule has 0 aliphatic carbocycles. The first kappa shape index (κ1) is 18.2. The van der Waals surface area contributed by atoms with Crippen molar-refractivity contribution < 1.29 is 14.3 Å². The third-order valence-corrected chi connectivity index (χ3v) is 4.05. The molecular formula is C22H20N2O3. The first-order valence-corrected chi connectivity index (χ1v) is 8.48. The minimum absolute atomic E-state index is 0.144. The van der Waals surface area contributed by atoms with E-state index >= 15 is 0 Å². The highest BCUT2D eigenvalue weighted by atomic mass is 16.5. The Kier molecular flexibility index (Phi) is 5.52. The summed E-state index contributed by atoms with van der Waals surface area (Å²) >= 11 is 0. The molecule has 3 aromatic rings. The standard InChI is InChI=1S/C22H20N2O3/c1-15-3-5-16(6-4-15)21(25)24-20-13-11-19(12-14-20)23-18-9-7-17(8-10-18)22(26)27-2/h3-14,23H,1-2H3,(H,24,25). The van der Waals surface area contributed by atoms with E-state index in [1.165, 1.54) is 7.11 Å². The number of aryl methyl sites for hydroxylation is 1. The maximum absolute atomic E-state index is 12.2. The fraction of sp³-hybridized carbons (Fsp3) is 0.0909. The molecule has 136 valence electrons. The van der Waals surface area contributed by atoms with Crippen LogP contribution in [0.5, 0.6) is 0 Å². The van der Waals surface area contributed by atoms with Crippen LogP contribution in [-0.4, -0.2) is 19.0 Å². The van der Waals surface area contributed by atoms with Gasteiger partial charge in [-0.1, -0.05) is 17.7 Å². The lowest BCUT2D eigenvalue weighted by Gasteiger charge is -2.09. The maximum Gasteiger partial charge on any atom is 0.337 e. The van der Waals surface area contributed by atoms with E-state index in [0.717, 1.165) is 16.9 Å². The van der Waals surface area contributed by atoms with Crippen molar-refractivity contribution in [1.82, 2.24) is 0 Å². The van der Waals surface area contributed by atoms with Crippen LogP contribution in [0.2, 0.25) is 0 Å². The molecule has 0 bridgehead atoms. The van der Waals surface area contributed by atoms with Crippen molar-refractivity contribution in [1.29, 1.82) is 0 Å². The van der Waals surface area contributed by atoms with Crippen molar-refractivity contribution in [2.24, 2.45) is 0 Å². The van der Waals surface area contributed by atoms with E-state index in [9.17, 15) is 9.59 Å². The Morgan fingerprint density at radius 2 is 1.19 bits per heavy atom. The van der Waals surface area contributed by atoms with Crippen LogP contribution in [-0.2, 0) is 4.74 Å². The molecule has 0 fully saturated rings. The van der Waals surface area contributed by atoms with E-state index in [0.29, 0.717) is 16.8 Å². The van der Waals surface area contributed by atoms with Crippen molar-refractivity contribution >= 4 is 28.9 Å². The lowest BCUT2D eigenvalue weighted by atomic mass is 10.1. The van der Waals surface area contributed by atoms with Crippen LogP contribution in [0.3, 0.4) is 0 Å². The number of hydrogen-bond acceptors (Lipinski definition) is 4. The topological polar surface area (TPSA) is 67.4 Å². The predicted molar refractivity (Wildman–Crippen MR) is 107 cm³/mol. The Labute approximate surface area is 158 Å². The number of anilines is 3. The number of carbonyl (C=O) groups is 2. The molecule has 3 rings (SSSR count). The lowest BCUT2D eigenvalue weighted by Crippen LogP contribution is -2.11. The fourth-order valence-electron chi connectivity index (χ4n) is 2.52. The molecule has 5 heteroatoms. The maximum atomic E-state index is 12.2. The summed E-state index contributed by atoms with van der Waals surface area (Å²) in [6, 6.07) is 21.8. The predicted octanol–water partition coefficient (Wildman–Crippen LogP) is 4.78. The average molecular weight is 360 g/mol. The zero-order chi connectivity index (χ0) is 19.2. The molecule has 1 amide bonds. The van der Waals surface area contributed by atoms with Crippen LogP contribution in [0.25, 0.3) is 0 Å². The second-order valence-corrected chi connectivity index (χ2v) is 6.09. The largest absolute Gasteiger partial charge is 0.465 e. The number of ether oxygens (including phenoxy) is 1. The van der Waals surface area contributed by atoms with E-state index in [1.54, 1.807) is 36.4 Å². The van der Waals surface area contributed by atoms with E-state index in [2.05, 4.69) is 15.4 Å². The summed E-state index contributed by atoms with van der Waals surface area (Å²) < 4.78 is 4.68. The molecule has 5 nitrogen and oxygen atoms in total. The lowest BCUT2D eigenvalue weighted by molar-refractivity contribution is 0.0600. The van der Waals surface area contributed by atoms with Gasteiger partial charge in [0.1, 0.15) is 0 Å². The Hall–Kier alpha value is -3.60. The monoisotopic (exact) mass is 360 g/mol. The van der Waals surface area contributed by atoms with Crippen LogP contribution in [0.1, 0.15) is 26.3 Å². The number of esters is 1. The van der Waals surface area contributed by atoms with Gasteiger partial charge in [0, 0.05) is 22.6 Å². The van der Waals surface area contributed by atoms with Crippen molar-refractivity contribution in [3.63, 3.8) is 0 Å². The van der Waals surface area contributed by atoms with Gasteiger partial charge >= 0.3 is 5.97 Å². The zero-order valence-corrected chi connectivity index (χ0v) is 15.2. The Morgan fingerprint density at radius 3 is 1.74 bits per heavy atom. The quantitative estimate of drug-likeness (QED) is 0.643. The highest BCUT2D eigenvalue weighted by molar-refractivity contribution is 6.04.